The molecule has 6 nitrogen and oxygen atoms in total. The van der Waals surface area contributed by atoms with E-state index in [0.29, 0.717) is 12.6 Å². The number of hydrogen-bond acceptors (Lipinski definition) is 4. The molecule has 1 aliphatic heterocycles. The molecule has 2 aromatic rings. The summed E-state index contributed by atoms with van der Waals surface area (Å²) in [5.41, 5.74) is 2.97. The van der Waals surface area contributed by atoms with Gasteiger partial charge < -0.3 is 15.2 Å². The van der Waals surface area contributed by atoms with Gasteiger partial charge in [-0.3, -0.25) is 9.69 Å². The van der Waals surface area contributed by atoms with Crippen LogP contribution in [0.25, 0.3) is 11.3 Å². The Morgan fingerprint density at radius 1 is 1.39 bits per heavy atom. The zero-order chi connectivity index (χ0) is 16.2. The number of H-pyrrole nitrogens is 1. The smallest absolute Gasteiger partial charge is 0.214 e. The largest absolute Gasteiger partial charge is 0.342 e. The van der Waals surface area contributed by atoms with E-state index in [1.807, 2.05) is 37.4 Å². The van der Waals surface area contributed by atoms with Crippen LogP contribution in [0.1, 0.15) is 5.82 Å². The number of rotatable bonds is 5. The molecule has 1 fully saturated rings. The lowest BCUT2D eigenvalue weighted by atomic mass is 10.1. The molecule has 1 aromatic heterocycles. The summed E-state index contributed by atoms with van der Waals surface area (Å²) in [4.78, 5) is 23.0. The molecule has 0 bridgehead atoms. The second-order valence-corrected chi connectivity index (χ2v) is 6.03. The molecule has 0 radical (unpaired) electrons. The minimum atomic E-state index is 0.337. The number of imidazole rings is 1. The molecule has 1 aromatic carbocycles. The maximum absolute atomic E-state index is 11.5. The van der Waals surface area contributed by atoms with Gasteiger partial charge in [-0.2, -0.15) is 0 Å². The number of anilines is 1. The zero-order valence-corrected chi connectivity index (χ0v) is 13.6. The number of amides is 1. The van der Waals surface area contributed by atoms with Crippen LogP contribution < -0.4 is 10.2 Å². The Morgan fingerprint density at radius 3 is 2.78 bits per heavy atom. The maximum atomic E-state index is 11.5. The van der Waals surface area contributed by atoms with Crippen LogP contribution in [0.3, 0.4) is 0 Å². The van der Waals surface area contributed by atoms with Crippen LogP contribution in [0.5, 0.6) is 0 Å². The van der Waals surface area contributed by atoms with Gasteiger partial charge in [-0.25, -0.2) is 4.98 Å². The van der Waals surface area contributed by atoms with Gasteiger partial charge >= 0.3 is 0 Å². The average molecular weight is 313 g/mol. The van der Waals surface area contributed by atoms with E-state index in [1.54, 1.807) is 4.90 Å². The molecule has 122 valence electrons. The molecule has 0 spiro atoms. The molecule has 0 saturated carbocycles. The molecule has 23 heavy (non-hydrogen) atoms. The minimum absolute atomic E-state index is 0.337. The molecule has 1 saturated heterocycles. The molecular weight excluding hydrogens is 290 g/mol. The number of carbonyl (C=O) groups excluding carboxylic acids is 1. The van der Waals surface area contributed by atoms with E-state index in [-0.39, 0.29) is 0 Å². The Labute approximate surface area is 136 Å². The Morgan fingerprint density at radius 2 is 2.17 bits per heavy atom. The number of carbonyl (C=O) groups is 1. The Balaban J connectivity index is 1.72. The summed E-state index contributed by atoms with van der Waals surface area (Å²) in [5, 5.41) is 3.38. The van der Waals surface area contributed by atoms with Gasteiger partial charge in [0.2, 0.25) is 6.41 Å². The predicted octanol–water partition coefficient (Wildman–Crippen LogP) is 1.25. The van der Waals surface area contributed by atoms with Crippen LogP contribution in [0.4, 0.5) is 5.69 Å². The van der Waals surface area contributed by atoms with E-state index >= 15 is 0 Å². The van der Waals surface area contributed by atoms with E-state index in [0.717, 1.165) is 48.8 Å². The topological polar surface area (TPSA) is 64.3 Å². The predicted molar refractivity (Wildman–Crippen MR) is 91.5 cm³/mol. The lowest BCUT2D eigenvalue weighted by molar-refractivity contribution is -0.107. The number of aromatic amines is 1. The number of aromatic nitrogens is 2. The fraction of sp³-hybridized carbons (Fsp3) is 0.412. The van der Waals surface area contributed by atoms with Crippen LogP contribution in [0, 0.1) is 6.92 Å². The van der Waals surface area contributed by atoms with Crippen molar-refractivity contribution in [1.82, 2.24) is 20.2 Å². The van der Waals surface area contributed by atoms with Crippen molar-refractivity contribution in [1.29, 1.82) is 0 Å². The van der Waals surface area contributed by atoms with Gasteiger partial charge in [0.05, 0.1) is 11.9 Å². The molecule has 1 unspecified atom stereocenters. The molecule has 1 atom stereocenters. The number of aryl methyl sites for hydroxylation is 1. The normalized spacial score (nSPS) is 18.8. The SMILES string of the molecule is Cc1ncc(-c2ccc(N(C=O)CC3CNCCN3C)cc2)[nH]1. The number of nitrogens with zero attached hydrogens (tertiary/aromatic N) is 3. The Kier molecular flexibility index (Phi) is 4.73. The highest BCUT2D eigenvalue weighted by Crippen LogP contribution is 2.22. The lowest BCUT2D eigenvalue weighted by Crippen LogP contribution is -2.54. The van der Waals surface area contributed by atoms with Crippen molar-refractivity contribution in [3.8, 4) is 11.3 Å². The van der Waals surface area contributed by atoms with Gasteiger partial charge in [-0.05, 0) is 31.7 Å². The minimum Gasteiger partial charge on any atom is -0.342 e. The standard InChI is InChI=1S/C17H23N5O/c1-13-19-10-17(20-13)14-3-5-15(6-4-14)22(12-23)11-16-9-18-7-8-21(16)2/h3-6,10,12,16,18H,7-9,11H2,1-2H3,(H,19,20). The summed E-state index contributed by atoms with van der Waals surface area (Å²) >= 11 is 0. The van der Waals surface area contributed by atoms with Crippen LogP contribution in [0.15, 0.2) is 30.5 Å². The molecular formula is C17H23N5O. The highest BCUT2D eigenvalue weighted by atomic mass is 16.1. The summed E-state index contributed by atoms with van der Waals surface area (Å²) in [6, 6.07) is 8.33. The maximum Gasteiger partial charge on any atom is 0.214 e. The van der Waals surface area contributed by atoms with Crippen molar-refractivity contribution in [2.75, 3.05) is 38.1 Å². The molecule has 6 heteroatoms. The third kappa shape index (κ3) is 3.60. The third-order valence-corrected chi connectivity index (χ3v) is 4.39. The highest BCUT2D eigenvalue weighted by molar-refractivity contribution is 5.76. The van der Waals surface area contributed by atoms with Gasteiger partial charge in [0, 0.05) is 37.9 Å². The second kappa shape index (κ2) is 6.93. The highest BCUT2D eigenvalue weighted by Gasteiger charge is 2.21. The monoisotopic (exact) mass is 313 g/mol. The average Bonchev–Trinajstić information content (AvgIpc) is 3.01. The van der Waals surface area contributed by atoms with Crippen LogP contribution in [-0.4, -0.2) is 60.5 Å². The first kappa shape index (κ1) is 15.7. The molecule has 3 rings (SSSR count). The van der Waals surface area contributed by atoms with Crippen molar-refractivity contribution in [2.24, 2.45) is 0 Å². The third-order valence-electron chi connectivity index (χ3n) is 4.39. The second-order valence-electron chi connectivity index (χ2n) is 6.03. The quantitative estimate of drug-likeness (QED) is 0.816. The van der Waals surface area contributed by atoms with Gasteiger partial charge in [0.15, 0.2) is 0 Å². The first-order valence-electron chi connectivity index (χ1n) is 7.92. The van der Waals surface area contributed by atoms with Crippen LogP contribution in [0.2, 0.25) is 0 Å². The van der Waals surface area contributed by atoms with E-state index < -0.39 is 0 Å². The van der Waals surface area contributed by atoms with E-state index in [1.165, 1.54) is 0 Å². The lowest BCUT2D eigenvalue weighted by Gasteiger charge is -2.35. The van der Waals surface area contributed by atoms with Crippen molar-refractivity contribution in [3.05, 3.63) is 36.3 Å². The first-order chi connectivity index (χ1) is 11.2. The fourth-order valence-electron chi connectivity index (χ4n) is 2.90. The summed E-state index contributed by atoms with van der Waals surface area (Å²) in [5.74, 6) is 0.895. The molecule has 1 amide bonds. The van der Waals surface area contributed by atoms with Gasteiger partial charge in [0.25, 0.3) is 0 Å². The van der Waals surface area contributed by atoms with Crippen molar-refractivity contribution in [3.63, 3.8) is 0 Å². The van der Waals surface area contributed by atoms with Crippen molar-refractivity contribution < 1.29 is 4.79 Å². The van der Waals surface area contributed by atoms with E-state index in [9.17, 15) is 4.79 Å². The zero-order valence-electron chi connectivity index (χ0n) is 13.6. The molecule has 0 aliphatic carbocycles. The summed E-state index contributed by atoms with van der Waals surface area (Å²) < 4.78 is 0. The van der Waals surface area contributed by atoms with Crippen molar-refractivity contribution in [2.45, 2.75) is 13.0 Å². The number of hydrogen-bond donors (Lipinski definition) is 2. The van der Waals surface area contributed by atoms with E-state index in [2.05, 4.69) is 27.2 Å². The number of benzene rings is 1. The van der Waals surface area contributed by atoms with Crippen molar-refractivity contribution >= 4 is 12.1 Å². The summed E-state index contributed by atoms with van der Waals surface area (Å²) in [6.07, 6.45) is 2.74. The first-order valence-corrected chi connectivity index (χ1v) is 7.92. The summed E-state index contributed by atoms with van der Waals surface area (Å²) in [6.45, 7) is 5.55. The Bertz CT molecular complexity index is 651. The molecule has 2 N–H and O–H groups in total. The number of nitrogens with one attached hydrogen (secondary N) is 2. The van der Waals surface area contributed by atoms with E-state index in [4.69, 9.17) is 0 Å². The van der Waals surface area contributed by atoms with Gasteiger partial charge in [-0.15, -0.1) is 0 Å². The fourth-order valence-corrected chi connectivity index (χ4v) is 2.90. The van der Waals surface area contributed by atoms with Gasteiger partial charge in [-0.1, -0.05) is 12.1 Å². The number of likely N-dealkylation sites (N-methyl/N-ethyl adjacent to an activating group) is 1. The summed E-state index contributed by atoms with van der Waals surface area (Å²) in [7, 11) is 2.11. The van der Waals surface area contributed by atoms with Crippen LogP contribution >= 0.6 is 0 Å². The Hall–Kier alpha value is -2.18. The molecule has 1 aliphatic rings. The molecule has 2 heterocycles. The van der Waals surface area contributed by atoms with Crippen LogP contribution in [-0.2, 0) is 4.79 Å². The number of piperazine rings is 1. The van der Waals surface area contributed by atoms with Gasteiger partial charge in [0.1, 0.15) is 5.82 Å².